The van der Waals surface area contributed by atoms with Gasteiger partial charge in [0.1, 0.15) is 24.0 Å². The monoisotopic (exact) mass is 379 g/mol. The lowest BCUT2D eigenvalue weighted by molar-refractivity contribution is -0.139. The third-order valence-corrected chi connectivity index (χ3v) is 4.93. The number of fused-ring (bicyclic) bond motifs is 3. The van der Waals surface area contributed by atoms with Crippen LogP contribution in [0.5, 0.6) is 0 Å². The van der Waals surface area contributed by atoms with Crippen LogP contribution in [-0.2, 0) is 9.53 Å². The second-order valence-electron chi connectivity index (χ2n) is 6.76. The van der Waals surface area contributed by atoms with Crippen LogP contribution in [0.4, 0.5) is 0 Å². The van der Waals surface area contributed by atoms with Gasteiger partial charge in [-0.1, -0.05) is 33.1 Å². The number of aliphatic imine (C=N–C) groups is 1. The summed E-state index contributed by atoms with van der Waals surface area (Å²) in [5.74, 6) is -0.0365. The molecule has 28 heavy (non-hydrogen) atoms. The summed E-state index contributed by atoms with van der Waals surface area (Å²) in [6.07, 6.45) is 12.2. The molecular weight excluding hydrogens is 354 g/mol. The molecule has 3 rings (SSSR count). The fraction of sp³-hybridized carbons (Fsp3) is 0.429. The van der Waals surface area contributed by atoms with Crippen molar-refractivity contribution in [3.05, 3.63) is 41.7 Å². The Kier molecular flexibility index (Phi) is 6.57. The van der Waals surface area contributed by atoms with E-state index in [1.165, 1.54) is 18.9 Å². The van der Waals surface area contributed by atoms with Gasteiger partial charge in [0.2, 0.25) is 0 Å². The molecule has 2 aromatic heterocycles. The molecule has 0 amide bonds. The van der Waals surface area contributed by atoms with Crippen molar-refractivity contribution < 1.29 is 9.53 Å². The fourth-order valence-corrected chi connectivity index (χ4v) is 3.36. The first-order valence-corrected chi connectivity index (χ1v) is 9.65. The second kappa shape index (κ2) is 9.30. The van der Waals surface area contributed by atoms with Crippen molar-refractivity contribution in [1.82, 2.24) is 19.9 Å². The third-order valence-electron chi connectivity index (χ3n) is 4.93. The van der Waals surface area contributed by atoms with Gasteiger partial charge < -0.3 is 4.74 Å². The van der Waals surface area contributed by atoms with Crippen molar-refractivity contribution in [3.63, 3.8) is 0 Å². The van der Waals surface area contributed by atoms with E-state index < -0.39 is 5.97 Å². The number of unbranched alkanes of at least 4 members (excludes halogenated alkanes) is 1. The zero-order valence-corrected chi connectivity index (χ0v) is 16.6. The first-order chi connectivity index (χ1) is 13.7. The van der Waals surface area contributed by atoms with E-state index in [9.17, 15) is 4.79 Å². The van der Waals surface area contributed by atoms with Crippen molar-refractivity contribution in [1.29, 1.82) is 0 Å². The highest BCUT2D eigenvalue weighted by atomic mass is 16.5. The Bertz CT molecular complexity index is 860. The van der Waals surface area contributed by atoms with Crippen LogP contribution in [-0.4, -0.2) is 45.8 Å². The van der Waals surface area contributed by atoms with Crippen LogP contribution in [0.1, 0.15) is 50.7 Å². The lowest BCUT2D eigenvalue weighted by Crippen LogP contribution is -2.17. The zero-order valence-electron chi connectivity index (χ0n) is 16.6. The lowest BCUT2D eigenvalue weighted by atomic mass is 10.00. The van der Waals surface area contributed by atoms with E-state index in [0.717, 1.165) is 36.8 Å². The van der Waals surface area contributed by atoms with Crippen LogP contribution in [0.3, 0.4) is 0 Å². The zero-order chi connectivity index (χ0) is 19.9. The van der Waals surface area contributed by atoms with Gasteiger partial charge in [0.25, 0.3) is 0 Å². The normalized spacial score (nSPS) is 13.3. The molecule has 0 aromatic carbocycles. The third kappa shape index (κ3) is 3.98. The van der Waals surface area contributed by atoms with E-state index in [2.05, 4.69) is 38.8 Å². The Hall–Kier alpha value is -2.96. The number of nitrogens with zero attached hydrogens (tertiary/aromatic N) is 5. The molecule has 2 heterocycles. The fourth-order valence-electron chi connectivity index (χ4n) is 3.36. The number of hydrogen-bond donors (Lipinski definition) is 0. The van der Waals surface area contributed by atoms with E-state index in [-0.39, 0.29) is 0 Å². The molecule has 7 heteroatoms. The largest absolute Gasteiger partial charge is 0.462 e. The standard InChI is InChI=1S/C21H25N5O2/c1-4-6-7-14(5-2)11-28-21(27)17(8-22-3)18-15-9-23-12-25-19(15)20-16(18)10-24-13-26-20/h8-10,12-14H,4-7,11H2,1-3H3. The molecule has 1 unspecified atom stereocenters. The van der Waals surface area contributed by atoms with Gasteiger partial charge in [-0.25, -0.2) is 24.7 Å². The van der Waals surface area contributed by atoms with Crippen molar-refractivity contribution >= 4 is 17.8 Å². The maximum Gasteiger partial charge on any atom is 0.340 e. The molecule has 0 aliphatic heterocycles. The SMILES string of the molecule is CCCCC(CC)COC(=O)C(C=NC)=C1c2cncnc2-c2ncncc21. The van der Waals surface area contributed by atoms with Gasteiger partial charge in [-0.2, -0.15) is 0 Å². The summed E-state index contributed by atoms with van der Waals surface area (Å²) in [4.78, 5) is 34.0. The topological polar surface area (TPSA) is 90.2 Å². The Balaban J connectivity index is 1.97. The molecule has 0 saturated heterocycles. The maximum atomic E-state index is 13.0. The quantitative estimate of drug-likeness (QED) is 0.338. The van der Waals surface area contributed by atoms with Crippen molar-refractivity contribution in [2.45, 2.75) is 39.5 Å². The predicted octanol–water partition coefficient (Wildman–Crippen LogP) is 3.51. The molecular formula is C21H25N5O2. The molecule has 0 radical (unpaired) electrons. The van der Waals surface area contributed by atoms with Gasteiger partial charge in [-0.05, 0) is 12.3 Å². The van der Waals surface area contributed by atoms with Gasteiger partial charge in [-0.15, -0.1) is 0 Å². The molecule has 146 valence electrons. The molecule has 0 saturated carbocycles. The first kappa shape index (κ1) is 19.8. The number of carbonyl (C=O) groups excluding carboxylic acids is 1. The molecule has 1 aliphatic carbocycles. The Morgan fingerprint density at radius 1 is 1.14 bits per heavy atom. The Morgan fingerprint density at radius 2 is 1.79 bits per heavy atom. The van der Waals surface area contributed by atoms with Crippen LogP contribution < -0.4 is 0 Å². The number of hydrogen-bond acceptors (Lipinski definition) is 7. The smallest absolute Gasteiger partial charge is 0.340 e. The summed E-state index contributed by atoms with van der Waals surface area (Å²) in [6, 6.07) is 0. The summed E-state index contributed by atoms with van der Waals surface area (Å²) >= 11 is 0. The number of carbonyl (C=O) groups is 1. The summed E-state index contributed by atoms with van der Waals surface area (Å²) in [6.45, 7) is 4.69. The second-order valence-corrected chi connectivity index (χ2v) is 6.76. The van der Waals surface area contributed by atoms with Crippen LogP contribution in [0.2, 0.25) is 0 Å². The molecule has 0 bridgehead atoms. The van der Waals surface area contributed by atoms with E-state index >= 15 is 0 Å². The highest BCUT2D eigenvalue weighted by Crippen LogP contribution is 2.42. The average Bonchev–Trinajstić information content (AvgIpc) is 3.06. The number of rotatable bonds is 8. The Morgan fingerprint density at radius 3 is 2.32 bits per heavy atom. The summed E-state index contributed by atoms with van der Waals surface area (Å²) in [7, 11) is 1.63. The van der Waals surface area contributed by atoms with E-state index in [4.69, 9.17) is 4.74 Å². The minimum atomic E-state index is -0.401. The molecule has 7 nitrogen and oxygen atoms in total. The molecule has 0 N–H and O–H groups in total. The van der Waals surface area contributed by atoms with Gasteiger partial charge in [0.15, 0.2) is 0 Å². The maximum absolute atomic E-state index is 13.0. The van der Waals surface area contributed by atoms with Gasteiger partial charge in [0, 0.05) is 42.4 Å². The number of esters is 1. The molecule has 2 aromatic rings. The Labute approximate surface area is 165 Å². The minimum absolute atomic E-state index is 0.364. The number of aromatic nitrogens is 4. The summed E-state index contributed by atoms with van der Waals surface area (Å²) in [5, 5.41) is 0. The lowest BCUT2D eigenvalue weighted by Gasteiger charge is -2.15. The first-order valence-electron chi connectivity index (χ1n) is 9.65. The molecule has 0 fully saturated rings. The van der Waals surface area contributed by atoms with E-state index in [1.807, 2.05) is 0 Å². The van der Waals surface area contributed by atoms with Crippen LogP contribution >= 0.6 is 0 Å². The van der Waals surface area contributed by atoms with Crippen molar-refractivity contribution in [3.8, 4) is 11.4 Å². The van der Waals surface area contributed by atoms with Crippen molar-refractivity contribution in [2.75, 3.05) is 13.7 Å². The predicted molar refractivity (Wildman–Crippen MR) is 108 cm³/mol. The van der Waals surface area contributed by atoms with Gasteiger partial charge in [-0.3, -0.25) is 4.99 Å². The number of ether oxygens (including phenoxy) is 1. The minimum Gasteiger partial charge on any atom is -0.462 e. The highest BCUT2D eigenvalue weighted by molar-refractivity contribution is 6.21. The van der Waals surface area contributed by atoms with Crippen molar-refractivity contribution in [2.24, 2.45) is 10.9 Å². The average molecular weight is 379 g/mol. The summed E-state index contributed by atoms with van der Waals surface area (Å²) < 4.78 is 5.68. The van der Waals surface area contributed by atoms with Gasteiger partial charge >= 0.3 is 5.97 Å². The van der Waals surface area contributed by atoms with Crippen LogP contribution in [0.15, 0.2) is 35.6 Å². The highest BCUT2D eigenvalue weighted by Gasteiger charge is 2.31. The van der Waals surface area contributed by atoms with Gasteiger partial charge in [0.05, 0.1) is 12.2 Å². The van der Waals surface area contributed by atoms with E-state index in [0.29, 0.717) is 35.1 Å². The van der Waals surface area contributed by atoms with Crippen LogP contribution in [0, 0.1) is 5.92 Å². The molecule has 0 spiro atoms. The van der Waals surface area contributed by atoms with Crippen LogP contribution in [0.25, 0.3) is 17.0 Å². The molecule has 1 aliphatic rings. The summed E-state index contributed by atoms with van der Waals surface area (Å²) in [5.41, 5.74) is 3.89. The van der Waals surface area contributed by atoms with E-state index in [1.54, 1.807) is 19.4 Å². The molecule has 1 atom stereocenters.